The van der Waals surface area contributed by atoms with Crippen LogP contribution in [0.1, 0.15) is 54.7 Å². The Balaban J connectivity index is 1.54. The standard InChI is InChI=1S/C20H24BrN5O3/c1-2-29-20(28)22-15-4-3-11-25(12-15)19(27)17-18(13-5-6-13)26(24-23-17)16-9-7-14(21)8-10-16/h7-10,13,15H,2-6,11-12H2,1H3,(H,22,28). The van der Waals surface area contributed by atoms with Crippen molar-refractivity contribution in [1.29, 1.82) is 0 Å². The molecule has 8 nitrogen and oxygen atoms in total. The van der Waals surface area contributed by atoms with Crippen molar-refractivity contribution >= 4 is 27.9 Å². The zero-order chi connectivity index (χ0) is 20.4. The van der Waals surface area contributed by atoms with Gasteiger partial charge in [0, 0.05) is 29.5 Å². The van der Waals surface area contributed by atoms with Gasteiger partial charge in [0.05, 0.1) is 18.0 Å². The lowest BCUT2D eigenvalue weighted by atomic mass is 10.0. The van der Waals surface area contributed by atoms with Gasteiger partial charge in [0.1, 0.15) is 0 Å². The van der Waals surface area contributed by atoms with Gasteiger partial charge in [-0.05, 0) is 56.9 Å². The van der Waals surface area contributed by atoms with E-state index in [2.05, 4.69) is 31.6 Å². The maximum Gasteiger partial charge on any atom is 0.407 e. The molecule has 29 heavy (non-hydrogen) atoms. The van der Waals surface area contributed by atoms with Crippen molar-refractivity contribution in [2.24, 2.45) is 0 Å². The van der Waals surface area contributed by atoms with Crippen molar-refractivity contribution < 1.29 is 14.3 Å². The number of benzene rings is 1. The fourth-order valence-corrected chi connectivity index (χ4v) is 3.97. The lowest BCUT2D eigenvalue weighted by Crippen LogP contribution is -2.50. The molecule has 1 unspecified atom stereocenters. The highest BCUT2D eigenvalue weighted by Gasteiger charge is 2.36. The number of amides is 2. The van der Waals surface area contributed by atoms with E-state index in [1.807, 2.05) is 24.3 Å². The summed E-state index contributed by atoms with van der Waals surface area (Å²) in [4.78, 5) is 26.8. The first-order valence-corrected chi connectivity index (χ1v) is 10.8. The molecular formula is C20H24BrN5O3. The van der Waals surface area contributed by atoms with Gasteiger partial charge >= 0.3 is 6.09 Å². The molecule has 4 rings (SSSR count). The molecule has 1 saturated heterocycles. The van der Waals surface area contributed by atoms with Gasteiger partial charge in [-0.1, -0.05) is 21.1 Å². The van der Waals surface area contributed by atoms with E-state index in [0.717, 1.165) is 41.5 Å². The highest BCUT2D eigenvalue weighted by Crippen LogP contribution is 2.42. The minimum absolute atomic E-state index is 0.113. The normalized spacial score (nSPS) is 19.1. The first kappa shape index (κ1) is 19.9. The predicted molar refractivity (Wildman–Crippen MR) is 110 cm³/mol. The van der Waals surface area contributed by atoms with Crippen LogP contribution in [0.2, 0.25) is 0 Å². The number of halogens is 1. The molecule has 0 spiro atoms. The van der Waals surface area contributed by atoms with Crippen molar-refractivity contribution in [2.75, 3.05) is 19.7 Å². The Morgan fingerprint density at radius 3 is 2.69 bits per heavy atom. The second-order valence-corrected chi connectivity index (χ2v) is 8.36. The van der Waals surface area contributed by atoms with Gasteiger partial charge in [-0.3, -0.25) is 4.79 Å². The van der Waals surface area contributed by atoms with Crippen molar-refractivity contribution in [3.63, 3.8) is 0 Å². The third kappa shape index (κ3) is 4.44. The quantitative estimate of drug-likeness (QED) is 0.737. The number of hydrogen-bond acceptors (Lipinski definition) is 5. The van der Waals surface area contributed by atoms with E-state index in [4.69, 9.17) is 4.74 Å². The second kappa shape index (κ2) is 8.52. The van der Waals surface area contributed by atoms with Crippen molar-refractivity contribution in [3.05, 3.63) is 40.1 Å². The number of piperidine rings is 1. The van der Waals surface area contributed by atoms with E-state index in [-0.39, 0.29) is 11.9 Å². The minimum Gasteiger partial charge on any atom is -0.450 e. The lowest BCUT2D eigenvalue weighted by Gasteiger charge is -2.32. The first-order valence-electron chi connectivity index (χ1n) is 10.0. The Bertz CT molecular complexity index is 894. The maximum absolute atomic E-state index is 13.3. The summed E-state index contributed by atoms with van der Waals surface area (Å²) in [5.41, 5.74) is 2.20. The van der Waals surface area contributed by atoms with E-state index in [1.54, 1.807) is 16.5 Å². The van der Waals surface area contributed by atoms with Crippen LogP contribution in [0.25, 0.3) is 5.69 Å². The van der Waals surface area contributed by atoms with E-state index in [1.165, 1.54) is 0 Å². The number of alkyl carbamates (subject to hydrolysis) is 1. The number of likely N-dealkylation sites (tertiary alicyclic amines) is 1. The molecule has 2 aromatic rings. The molecule has 2 fully saturated rings. The number of hydrogen-bond donors (Lipinski definition) is 1. The average molecular weight is 462 g/mol. The minimum atomic E-state index is -0.438. The van der Waals surface area contributed by atoms with E-state index >= 15 is 0 Å². The Kier molecular flexibility index (Phi) is 5.84. The Labute approximate surface area is 177 Å². The number of nitrogens with one attached hydrogen (secondary N) is 1. The molecule has 0 radical (unpaired) electrons. The van der Waals surface area contributed by atoms with Crippen LogP contribution in [0, 0.1) is 0 Å². The molecule has 1 aromatic carbocycles. The van der Waals surface area contributed by atoms with Crippen molar-refractivity contribution in [2.45, 2.75) is 44.6 Å². The van der Waals surface area contributed by atoms with E-state index in [0.29, 0.717) is 31.3 Å². The highest BCUT2D eigenvalue weighted by atomic mass is 79.9. The summed E-state index contributed by atoms with van der Waals surface area (Å²) in [6, 6.07) is 7.70. The Hall–Kier alpha value is -2.42. The summed E-state index contributed by atoms with van der Waals surface area (Å²) >= 11 is 3.45. The van der Waals surface area contributed by atoms with Crippen LogP contribution in [-0.2, 0) is 4.74 Å². The molecule has 1 aromatic heterocycles. The summed E-state index contributed by atoms with van der Waals surface area (Å²) in [5.74, 6) is 0.191. The summed E-state index contributed by atoms with van der Waals surface area (Å²) in [6.07, 6.45) is 3.28. The molecule has 9 heteroatoms. The molecule has 2 aliphatic rings. The molecular weight excluding hydrogens is 438 g/mol. The topological polar surface area (TPSA) is 89.3 Å². The van der Waals surface area contributed by atoms with Gasteiger partial charge in [0.2, 0.25) is 0 Å². The van der Waals surface area contributed by atoms with Crippen LogP contribution >= 0.6 is 15.9 Å². The molecule has 2 amide bonds. The molecule has 1 atom stereocenters. The van der Waals surface area contributed by atoms with Gasteiger partial charge < -0.3 is 15.0 Å². The van der Waals surface area contributed by atoms with Crippen LogP contribution in [0.3, 0.4) is 0 Å². The number of rotatable bonds is 5. The molecule has 1 aliphatic heterocycles. The monoisotopic (exact) mass is 461 g/mol. The number of carbonyl (C=O) groups is 2. The van der Waals surface area contributed by atoms with Gasteiger partial charge in [0.15, 0.2) is 5.69 Å². The zero-order valence-corrected chi connectivity index (χ0v) is 17.9. The smallest absolute Gasteiger partial charge is 0.407 e. The third-order valence-electron chi connectivity index (χ3n) is 5.25. The highest BCUT2D eigenvalue weighted by molar-refractivity contribution is 9.10. The lowest BCUT2D eigenvalue weighted by molar-refractivity contribution is 0.0679. The number of aromatic nitrogens is 3. The maximum atomic E-state index is 13.3. The Morgan fingerprint density at radius 2 is 2.00 bits per heavy atom. The van der Waals surface area contributed by atoms with Crippen LogP contribution in [0.15, 0.2) is 28.7 Å². The van der Waals surface area contributed by atoms with E-state index < -0.39 is 6.09 Å². The summed E-state index contributed by atoms with van der Waals surface area (Å²) in [7, 11) is 0. The van der Waals surface area contributed by atoms with Crippen molar-refractivity contribution in [3.8, 4) is 5.69 Å². The van der Waals surface area contributed by atoms with Crippen LogP contribution in [0.5, 0.6) is 0 Å². The number of ether oxygens (including phenoxy) is 1. The Morgan fingerprint density at radius 1 is 1.24 bits per heavy atom. The predicted octanol–water partition coefficient (Wildman–Crippen LogP) is 3.26. The molecule has 1 N–H and O–H groups in total. The first-order chi connectivity index (χ1) is 14.1. The number of nitrogens with zero attached hydrogens (tertiary/aromatic N) is 4. The average Bonchev–Trinajstić information content (AvgIpc) is 3.46. The van der Waals surface area contributed by atoms with E-state index in [9.17, 15) is 9.59 Å². The molecule has 0 bridgehead atoms. The molecule has 1 saturated carbocycles. The fraction of sp³-hybridized carbons (Fsp3) is 0.500. The zero-order valence-electron chi connectivity index (χ0n) is 16.3. The van der Waals surface area contributed by atoms with Crippen LogP contribution in [-0.4, -0.2) is 57.6 Å². The summed E-state index contributed by atoms with van der Waals surface area (Å²) < 4.78 is 7.73. The molecule has 2 heterocycles. The third-order valence-corrected chi connectivity index (χ3v) is 5.78. The van der Waals surface area contributed by atoms with Crippen molar-refractivity contribution in [1.82, 2.24) is 25.2 Å². The van der Waals surface area contributed by atoms with Gasteiger partial charge in [-0.15, -0.1) is 5.10 Å². The van der Waals surface area contributed by atoms with Crippen LogP contribution in [0.4, 0.5) is 4.79 Å². The molecule has 1 aliphatic carbocycles. The van der Waals surface area contributed by atoms with Gasteiger partial charge in [0.25, 0.3) is 5.91 Å². The number of carbonyl (C=O) groups excluding carboxylic acids is 2. The SMILES string of the molecule is CCOC(=O)NC1CCCN(C(=O)c2nnn(-c3ccc(Br)cc3)c2C2CC2)C1. The second-order valence-electron chi connectivity index (χ2n) is 7.44. The van der Waals surface area contributed by atoms with Crippen LogP contribution < -0.4 is 5.32 Å². The van der Waals surface area contributed by atoms with Gasteiger partial charge in [-0.2, -0.15) is 0 Å². The molecule has 154 valence electrons. The van der Waals surface area contributed by atoms with Gasteiger partial charge in [-0.25, -0.2) is 9.48 Å². The fourth-order valence-electron chi connectivity index (χ4n) is 3.71. The summed E-state index contributed by atoms with van der Waals surface area (Å²) in [5, 5.41) is 11.4. The summed E-state index contributed by atoms with van der Waals surface area (Å²) in [6.45, 7) is 3.19. The largest absolute Gasteiger partial charge is 0.450 e.